The monoisotopic (exact) mass is 538 g/mol. The Morgan fingerprint density at radius 2 is 1.71 bits per heavy atom. The topological polar surface area (TPSA) is 145 Å². The van der Waals surface area contributed by atoms with Gasteiger partial charge in [0.05, 0.1) is 23.6 Å². The average Bonchev–Trinajstić information content (AvgIpc) is 2.92. The number of likely N-dealkylation sites (tertiary alicyclic amines) is 1. The van der Waals surface area contributed by atoms with E-state index in [9.17, 15) is 18.0 Å². The Balaban J connectivity index is 1.58. The van der Waals surface area contributed by atoms with Gasteiger partial charge in [0.15, 0.2) is 0 Å². The van der Waals surface area contributed by atoms with Gasteiger partial charge in [0.1, 0.15) is 6.04 Å². The number of ether oxygens (including phenoxy) is 1. The van der Waals surface area contributed by atoms with Crippen molar-refractivity contribution >= 4 is 32.7 Å². The molecule has 10 heteroatoms. The number of nitrogens with zero attached hydrogens (tertiary/aromatic N) is 1. The molecule has 1 atom stereocenters. The molecule has 0 radical (unpaired) electrons. The molecule has 0 spiro atoms. The van der Waals surface area contributed by atoms with Crippen LogP contribution in [0.2, 0.25) is 0 Å². The predicted octanol–water partition coefficient (Wildman–Crippen LogP) is 2.45. The zero-order chi connectivity index (χ0) is 27.3. The van der Waals surface area contributed by atoms with Gasteiger partial charge in [-0.2, -0.15) is 4.72 Å². The number of hydrogen-bond acceptors (Lipinski definition) is 7. The summed E-state index contributed by atoms with van der Waals surface area (Å²) in [6.45, 7) is 2.74. The first-order valence-corrected chi connectivity index (χ1v) is 14.2. The lowest BCUT2D eigenvalue weighted by atomic mass is 9.95. The largest absolute Gasteiger partial charge is 0.466 e. The lowest BCUT2D eigenvalue weighted by Crippen LogP contribution is -2.52. The van der Waals surface area contributed by atoms with E-state index in [0.717, 1.165) is 16.3 Å². The normalized spacial score (nSPS) is 15.5. The van der Waals surface area contributed by atoms with Crippen molar-refractivity contribution in [3.8, 4) is 0 Å². The number of amides is 1. The average molecular weight is 539 g/mol. The second-order valence-electron chi connectivity index (χ2n) is 9.51. The lowest BCUT2D eigenvalue weighted by molar-refractivity contribution is -0.151. The van der Waals surface area contributed by atoms with Crippen LogP contribution in [0.25, 0.3) is 10.8 Å². The molecule has 202 valence electrons. The molecule has 1 amide bonds. The van der Waals surface area contributed by atoms with Gasteiger partial charge in [-0.1, -0.05) is 54.6 Å². The van der Waals surface area contributed by atoms with E-state index in [-0.39, 0.29) is 29.1 Å². The molecule has 1 aliphatic heterocycles. The van der Waals surface area contributed by atoms with Gasteiger partial charge in [0.2, 0.25) is 15.9 Å². The molecule has 0 aliphatic carbocycles. The number of esters is 1. The molecule has 0 bridgehead atoms. The number of hydrogen-bond donors (Lipinski definition) is 3. The highest BCUT2D eigenvalue weighted by molar-refractivity contribution is 7.89. The Kier molecular flexibility index (Phi) is 8.78. The van der Waals surface area contributed by atoms with Crippen molar-refractivity contribution < 1.29 is 22.7 Å². The van der Waals surface area contributed by atoms with Crippen LogP contribution in [-0.2, 0) is 30.8 Å². The summed E-state index contributed by atoms with van der Waals surface area (Å²) in [6.07, 6.45) is 0.350. The van der Waals surface area contributed by atoms with Gasteiger partial charge in [-0.25, -0.2) is 8.42 Å². The Labute approximate surface area is 223 Å². The van der Waals surface area contributed by atoms with Crippen LogP contribution >= 0.6 is 0 Å². The summed E-state index contributed by atoms with van der Waals surface area (Å²) < 4.78 is 34.7. The van der Waals surface area contributed by atoms with Crippen LogP contribution in [-0.4, -0.2) is 50.9 Å². The van der Waals surface area contributed by atoms with Crippen LogP contribution in [0.15, 0.2) is 71.6 Å². The Bertz CT molecular complexity index is 1400. The molecule has 5 N–H and O–H groups in total. The Morgan fingerprint density at radius 1 is 1.00 bits per heavy atom. The maximum Gasteiger partial charge on any atom is 0.309 e. The molecule has 3 aromatic rings. The van der Waals surface area contributed by atoms with Gasteiger partial charge in [0, 0.05) is 13.1 Å². The third kappa shape index (κ3) is 6.57. The molecule has 0 aromatic heterocycles. The summed E-state index contributed by atoms with van der Waals surface area (Å²) in [7, 11) is -4.03. The SMILES string of the molecule is CCOC(=O)C1CCN(C(=O)C(Cc2cccc(C(N)N)c2)NS(=O)(=O)c2ccc3ccccc3c2)CC1. The van der Waals surface area contributed by atoms with E-state index >= 15 is 0 Å². The second-order valence-corrected chi connectivity index (χ2v) is 11.2. The minimum absolute atomic E-state index is 0.0766. The van der Waals surface area contributed by atoms with Crippen LogP contribution in [0.5, 0.6) is 0 Å². The fraction of sp³-hybridized carbons (Fsp3) is 0.357. The van der Waals surface area contributed by atoms with E-state index in [2.05, 4.69) is 4.72 Å². The fourth-order valence-electron chi connectivity index (χ4n) is 4.75. The standard InChI is InChI=1S/C28H34N4O5S/c1-2-37-28(34)21-12-14-32(15-13-21)27(33)25(17-19-6-5-9-23(16-19)26(29)30)31-38(35,36)24-11-10-20-7-3-4-8-22(20)18-24/h3-11,16,18,21,25-26,31H,2,12-15,17,29-30H2,1H3. The molecule has 3 aromatic carbocycles. The molecule has 4 rings (SSSR count). The number of nitrogens with two attached hydrogens (primary N) is 2. The van der Waals surface area contributed by atoms with Crippen LogP contribution in [0.3, 0.4) is 0 Å². The van der Waals surface area contributed by atoms with Crippen LogP contribution < -0.4 is 16.2 Å². The highest BCUT2D eigenvalue weighted by Crippen LogP contribution is 2.23. The van der Waals surface area contributed by atoms with Crippen molar-refractivity contribution in [2.75, 3.05) is 19.7 Å². The number of sulfonamides is 1. The molecule has 9 nitrogen and oxygen atoms in total. The highest BCUT2D eigenvalue weighted by atomic mass is 32.2. The van der Waals surface area contributed by atoms with Gasteiger partial charge in [-0.05, 0) is 60.2 Å². The number of fused-ring (bicyclic) bond motifs is 1. The summed E-state index contributed by atoms with van der Waals surface area (Å²) in [4.78, 5) is 27.5. The van der Waals surface area contributed by atoms with Crippen molar-refractivity contribution in [2.24, 2.45) is 17.4 Å². The number of nitrogens with one attached hydrogen (secondary N) is 1. The number of carbonyl (C=O) groups excluding carboxylic acids is 2. The second kappa shape index (κ2) is 12.0. The van der Waals surface area contributed by atoms with E-state index in [4.69, 9.17) is 16.2 Å². The van der Waals surface area contributed by atoms with Gasteiger partial charge < -0.3 is 21.1 Å². The van der Waals surface area contributed by atoms with Crippen LogP contribution in [0, 0.1) is 5.92 Å². The zero-order valence-electron chi connectivity index (χ0n) is 21.4. The minimum Gasteiger partial charge on any atom is -0.466 e. The Hall–Kier alpha value is -3.31. The third-order valence-electron chi connectivity index (χ3n) is 6.83. The first-order valence-electron chi connectivity index (χ1n) is 12.7. The van der Waals surface area contributed by atoms with Crippen molar-refractivity contribution in [1.29, 1.82) is 0 Å². The summed E-state index contributed by atoms with van der Waals surface area (Å²) in [5.41, 5.74) is 13.1. The molecule has 1 aliphatic rings. The van der Waals surface area contributed by atoms with Crippen LogP contribution in [0.1, 0.15) is 37.1 Å². The summed E-state index contributed by atoms with van der Waals surface area (Å²) in [5.74, 6) is -0.878. The molecule has 1 heterocycles. The molecular formula is C28H34N4O5S. The number of carbonyl (C=O) groups is 2. The molecule has 38 heavy (non-hydrogen) atoms. The molecule has 1 saturated heterocycles. The smallest absolute Gasteiger partial charge is 0.309 e. The summed E-state index contributed by atoms with van der Waals surface area (Å²) in [6, 6.07) is 18.4. The first-order chi connectivity index (χ1) is 18.2. The van der Waals surface area contributed by atoms with Gasteiger partial charge in [-0.15, -0.1) is 0 Å². The third-order valence-corrected chi connectivity index (χ3v) is 8.30. The van der Waals surface area contributed by atoms with E-state index in [1.54, 1.807) is 42.2 Å². The maximum atomic E-state index is 13.7. The number of rotatable bonds is 9. The number of benzene rings is 3. The fourth-order valence-corrected chi connectivity index (χ4v) is 5.97. The zero-order valence-corrected chi connectivity index (χ0v) is 22.2. The number of piperidine rings is 1. The summed E-state index contributed by atoms with van der Waals surface area (Å²) in [5, 5.41) is 1.70. The van der Waals surface area contributed by atoms with E-state index < -0.39 is 22.2 Å². The molecule has 1 fully saturated rings. The van der Waals surface area contributed by atoms with E-state index in [1.165, 1.54) is 6.07 Å². The maximum absolute atomic E-state index is 13.7. The van der Waals surface area contributed by atoms with Gasteiger partial charge in [-0.3, -0.25) is 9.59 Å². The summed E-state index contributed by atoms with van der Waals surface area (Å²) >= 11 is 0. The van der Waals surface area contributed by atoms with Crippen molar-refractivity contribution in [3.63, 3.8) is 0 Å². The van der Waals surface area contributed by atoms with Crippen molar-refractivity contribution in [3.05, 3.63) is 77.9 Å². The quantitative estimate of drug-likeness (QED) is 0.280. The molecule has 1 unspecified atom stereocenters. The van der Waals surface area contributed by atoms with E-state index in [1.807, 2.05) is 30.3 Å². The first kappa shape index (κ1) is 27.7. The van der Waals surface area contributed by atoms with Gasteiger partial charge >= 0.3 is 5.97 Å². The van der Waals surface area contributed by atoms with Crippen molar-refractivity contribution in [1.82, 2.24) is 9.62 Å². The molecular weight excluding hydrogens is 504 g/mol. The lowest BCUT2D eigenvalue weighted by Gasteiger charge is -2.33. The van der Waals surface area contributed by atoms with Crippen LogP contribution in [0.4, 0.5) is 0 Å². The minimum atomic E-state index is -4.03. The van der Waals surface area contributed by atoms with Crippen molar-refractivity contribution in [2.45, 2.75) is 43.3 Å². The van der Waals surface area contributed by atoms with Gasteiger partial charge in [0.25, 0.3) is 0 Å². The highest BCUT2D eigenvalue weighted by Gasteiger charge is 2.34. The molecule has 0 saturated carbocycles. The predicted molar refractivity (Wildman–Crippen MR) is 145 cm³/mol. The Morgan fingerprint density at radius 3 is 2.39 bits per heavy atom. The van der Waals surface area contributed by atoms with E-state index in [0.29, 0.717) is 38.1 Å².